The number of primary amides is 1. The van der Waals surface area contributed by atoms with Crippen LogP contribution in [0.3, 0.4) is 0 Å². The zero-order chi connectivity index (χ0) is 25.1. The van der Waals surface area contributed by atoms with Gasteiger partial charge < -0.3 is 42.7 Å². The fourth-order valence-corrected chi connectivity index (χ4v) is 2.76. The molecule has 33 heavy (non-hydrogen) atoms. The molecular formula is C20H29N5O8. The molecule has 0 fully saturated rings. The summed E-state index contributed by atoms with van der Waals surface area (Å²) in [7, 11) is 0. The first-order valence-corrected chi connectivity index (χ1v) is 9.96. The van der Waals surface area contributed by atoms with E-state index in [2.05, 4.69) is 10.6 Å². The molecule has 1 aromatic rings. The highest BCUT2D eigenvalue weighted by atomic mass is 16.4. The molecule has 0 saturated heterocycles. The van der Waals surface area contributed by atoms with Crippen molar-refractivity contribution >= 4 is 29.6 Å². The lowest BCUT2D eigenvalue weighted by molar-refractivity contribution is -0.144. The van der Waals surface area contributed by atoms with E-state index in [1.165, 1.54) is 6.92 Å². The Balaban J connectivity index is 2.80. The minimum absolute atomic E-state index is 0.166. The lowest BCUT2D eigenvalue weighted by Crippen LogP contribution is -2.60. The fraction of sp³-hybridized carbons (Fsp3) is 0.450. The molecule has 13 heteroatoms. The lowest BCUT2D eigenvalue weighted by Gasteiger charge is -2.25. The van der Waals surface area contributed by atoms with Gasteiger partial charge in [-0.15, -0.1) is 0 Å². The first-order chi connectivity index (χ1) is 15.5. The van der Waals surface area contributed by atoms with E-state index in [-0.39, 0.29) is 6.42 Å². The van der Waals surface area contributed by atoms with E-state index in [0.717, 1.165) is 5.56 Å². The highest BCUT2D eigenvalue weighted by molar-refractivity contribution is 5.95. The Labute approximate surface area is 189 Å². The van der Waals surface area contributed by atoms with Gasteiger partial charge in [0.2, 0.25) is 23.6 Å². The molecule has 0 heterocycles. The summed E-state index contributed by atoms with van der Waals surface area (Å²) in [6, 6.07) is 2.98. The van der Waals surface area contributed by atoms with E-state index >= 15 is 0 Å². The van der Waals surface area contributed by atoms with Crippen LogP contribution < -0.4 is 27.4 Å². The minimum atomic E-state index is -1.68. The Morgan fingerprint density at radius 3 is 2.00 bits per heavy atom. The average molecular weight is 467 g/mol. The van der Waals surface area contributed by atoms with Gasteiger partial charge in [-0.05, 0) is 18.9 Å². The zero-order valence-corrected chi connectivity index (χ0v) is 17.9. The maximum atomic E-state index is 12.6. The lowest BCUT2D eigenvalue weighted by atomic mass is 10.0. The Bertz CT molecular complexity index is 848. The number of nitrogens with two attached hydrogens (primary N) is 2. The predicted octanol–water partition coefficient (Wildman–Crippen LogP) is -3.66. The highest BCUT2D eigenvalue weighted by Gasteiger charge is 2.32. The van der Waals surface area contributed by atoms with Crippen molar-refractivity contribution in [3.63, 3.8) is 0 Å². The summed E-state index contributed by atoms with van der Waals surface area (Å²) in [5.41, 5.74) is 11.6. The second-order valence-corrected chi connectivity index (χ2v) is 7.34. The molecule has 182 valence electrons. The van der Waals surface area contributed by atoms with E-state index < -0.39 is 72.9 Å². The van der Waals surface area contributed by atoms with E-state index in [0.29, 0.717) is 0 Å². The number of amides is 4. The molecule has 13 nitrogen and oxygen atoms in total. The molecule has 0 saturated carbocycles. The Hall–Kier alpha value is -3.55. The molecule has 0 bridgehead atoms. The van der Waals surface area contributed by atoms with Crippen molar-refractivity contribution in [2.24, 2.45) is 11.5 Å². The second-order valence-electron chi connectivity index (χ2n) is 7.34. The highest BCUT2D eigenvalue weighted by Crippen LogP contribution is 2.03. The number of carbonyl (C=O) groups excluding carboxylic acids is 4. The minimum Gasteiger partial charge on any atom is -0.480 e. The van der Waals surface area contributed by atoms with Crippen LogP contribution in [-0.2, 0) is 30.4 Å². The van der Waals surface area contributed by atoms with Gasteiger partial charge in [0, 0.05) is 0 Å². The molecule has 0 aliphatic rings. The van der Waals surface area contributed by atoms with E-state index in [1.807, 2.05) is 5.32 Å². The van der Waals surface area contributed by atoms with Gasteiger partial charge in [-0.25, -0.2) is 4.79 Å². The summed E-state index contributed by atoms with van der Waals surface area (Å²) in [6.07, 6.45) is -1.94. The Morgan fingerprint density at radius 1 is 0.939 bits per heavy atom. The fourth-order valence-electron chi connectivity index (χ4n) is 2.76. The molecule has 0 unspecified atom stereocenters. The van der Waals surface area contributed by atoms with Gasteiger partial charge in [0.05, 0.1) is 25.2 Å². The maximum absolute atomic E-state index is 12.6. The average Bonchev–Trinajstić information content (AvgIpc) is 2.74. The van der Waals surface area contributed by atoms with Crippen molar-refractivity contribution in [3.8, 4) is 0 Å². The summed E-state index contributed by atoms with van der Waals surface area (Å²) < 4.78 is 0. The van der Waals surface area contributed by atoms with Crippen molar-refractivity contribution in [1.82, 2.24) is 16.0 Å². The van der Waals surface area contributed by atoms with Crippen LogP contribution in [-0.4, -0.2) is 81.8 Å². The monoisotopic (exact) mass is 467 g/mol. The smallest absolute Gasteiger partial charge is 0.326 e. The first-order valence-electron chi connectivity index (χ1n) is 9.96. The van der Waals surface area contributed by atoms with Gasteiger partial charge in [-0.3, -0.25) is 19.2 Å². The molecule has 1 aromatic carbocycles. The third-order valence-corrected chi connectivity index (χ3v) is 4.53. The normalized spacial score (nSPS) is 15.3. The number of rotatable bonds is 13. The Kier molecular flexibility index (Phi) is 10.9. The zero-order valence-electron chi connectivity index (χ0n) is 17.9. The number of carboxylic acid groups (broad SMARTS) is 1. The van der Waals surface area contributed by atoms with Crippen LogP contribution in [0.5, 0.6) is 0 Å². The molecule has 0 aliphatic heterocycles. The second kappa shape index (κ2) is 13.1. The van der Waals surface area contributed by atoms with Gasteiger partial charge in [0.25, 0.3) is 0 Å². The van der Waals surface area contributed by atoms with Gasteiger partial charge in [-0.2, -0.15) is 0 Å². The van der Waals surface area contributed by atoms with E-state index in [9.17, 15) is 34.2 Å². The molecule has 10 N–H and O–H groups in total. The van der Waals surface area contributed by atoms with Crippen molar-refractivity contribution in [1.29, 1.82) is 0 Å². The van der Waals surface area contributed by atoms with Crippen molar-refractivity contribution in [2.45, 2.75) is 50.0 Å². The van der Waals surface area contributed by atoms with Crippen LogP contribution in [0.25, 0.3) is 0 Å². The van der Waals surface area contributed by atoms with Crippen LogP contribution in [0.4, 0.5) is 0 Å². The summed E-state index contributed by atoms with van der Waals surface area (Å²) in [5.74, 6) is -5.42. The molecule has 5 atom stereocenters. The standard InChI is InChI=1S/C20H29N5O8/c1-10(27)16(25-17(29)12(21)7-11-5-3-2-4-6-11)19(31)24-14(9-26)18(30)23-13(20(32)33)8-15(22)28/h2-6,10,12-14,16,26-27H,7-9,21H2,1H3,(H2,22,28)(H,23,30)(H,24,31)(H,25,29)(H,32,33)/t10-,12+,13+,14+,16+/m1/s1. The Morgan fingerprint density at radius 2 is 1.52 bits per heavy atom. The molecule has 0 radical (unpaired) electrons. The number of hydrogen-bond donors (Lipinski definition) is 8. The predicted molar refractivity (Wildman–Crippen MR) is 114 cm³/mol. The molecule has 0 aliphatic carbocycles. The number of carboxylic acids is 1. The quantitative estimate of drug-likeness (QED) is 0.142. The van der Waals surface area contributed by atoms with Crippen LogP contribution in [0.15, 0.2) is 30.3 Å². The van der Waals surface area contributed by atoms with E-state index in [4.69, 9.17) is 16.6 Å². The summed E-state index contributed by atoms with van der Waals surface area (Å²) >= 11 is 0. The molecule has 4 amide bonds. The van der Waals surface area contributed by atoms with Crippen molar-refractivity contribution < 1.29 is 39.3 Å². The molecular weight excluding hydrogens is 438 g/mol. The summed E-state index contributed by atoms with van der Waals surface area (Å²) in [6.45, 7) is 0.281. The first kappa shape index (κ1) is 27.5. The topological polar surface area (TPSA) is 234 Å². The number of aliphatic hydroxyl groups excluding tert-OH is 2. The number of carbonyl (C=O) groups is 5. The largest absolute Gasteiger partial charge is 0.480 e. The van der Waals surface area contributed by atoms with Gasteiger partial charge in [0.15, 0.2) is 0 Å². The SMILES string of the molecule is C[C@@H](O)[C@H](NC(=O)[C@@H](N)Cc1ccccc1)C(=O)N[C@@H](CO)C(=O)N[C@@H](CC(N)=O)C(=O)O. The number of benzene rings is 1. The van der Waals surface area contributed by atoms with Crippen LogP contribution in [0, 0.1) is 0 Å². The molecule has 0 spiro atoms. The van der Waals surface area contributed by atoms with Crippen LogP contribution in [0.1, 0.15) is 18.9 Å². The van der Waals surface area contributed by atoms with Gasteiger partial charge in [-0.1, -0.05) is 30.3 Å². The third-order valence-electron chi connectivity index (χ3n) is 4.53. The molecule has 1 rings (SSSR count). The van der Waals surface area contributed by atoms with Crippen LogP contribution in [0.2, 0.25) is 0 Å². The van der Waals surface area contributed by atoms with Crippen LogP contribution >= 0.6 is 0 Å². The summed E-state index contributed by atoms with van der Waals surface area (Å²) in [4.78, 5) is 59.4. The maximum Gasteiger partial charge on any atom is 0.326 e. The van der Waals surface area contributed by atoms with Crippen molar-refractivity contribution in [2.75, 3.05) is 6.61 Å². The van der Waals surface area contributed by atoms with Gasteiger partial charge in [0.1, 0.15) is 18.1 Å². The third kappa shape index (κ3) is 9.22. The summed E-state index contributed by atoms with van der Waals surface area (Å²) in [5, 5.41) is 34.8. The van der Waals surface area contributed by atoms with E-state index in [1.54, 1.807) is 30.3 Å². The number of aliphatic carboxylic acids is 1. The van der Waals surface area contributed by atoms with Gasteiger partial charge >= 0.3 is 5.97 Å². The number of nitrogens with one attached hydrogen (secondary N) is 3. The van der Waals surface area contributed by atoms with Crippen molar-refractivity contribution in [3.05, 3.63) is 35.9 Å². The number of aliphatic hydroxyl groups is 2. The number of hydrogen-bond acceptors (Lipinski definition) is 8. The molecule has 0 aromatic heterocycles.